The second-order valence-electron chi connectivity index (χ2n) is 5.70. The molecule has 134 valence electrons. The number of nitrogens with one attached hydrogen (secondary N) is 1. The lowest BCUT2D eigenvalue weighted by Crippen LogP contribution is -2.14. The van der Waals surface area contributed by atoms with Crippen LogP contribution < -0.4 is 5.32 Å². The Morgan fingerprint density at radius 2 is 1.96 bits per heavy atom. The van der Waals surface area contributed by atoms with Crippen molar-refractivity contribution in [2.75, 3.05) is 11.1 Å². The van der Waals surface area contributed by atoms with Crippen molar-refractivity contribution in [3.63, 3.8) is 0 Å². The Morgan fingerprint density at radius 1 is 1.23 bits per heavy atom. The summed E-state index contributed by atoms with van der Waals surface area (Å²) in [5, 5.41) is 12.5. The molecule has 1 aromatic heterocycles. The Bertz CT molecular complexity index is 943. The summed E-state index contributed by atoms with van der Waals surface area (Å²) in [7, 11) is 1.89. The smallest absolute Gasteiger partial charge is 0.234 e. The molecule has 0 atom stereocenters. The van der Waals surface area contributed by atoms with Crippen molar-refractivity contribution < 1.29 is 4.79 Å². The fraction of sp³-hybridized carbons (Fsp3) is 0.167. The molecule has 0 unspecified atom stereocenters. The molecule has 26 heavy (non-hydrogen) atoms. The van der Waals surface area contributed by atoms with Gasteiger partial charge in [0.15, 0.2) is 11.0 Å². The average molecular weight is 452 g/mol. The second-order valence-corrected chi connectivity index (χ2v) is 7.90. The van der Waals surface area contributed by atoms with E-state index in [1.165, 1.54) is 17.3 Å². The monoisotopic (exact) mass is 450 g/mol. The van der Waals surface area contributed by atoms with Crippen LogP contribution >= 0.6 is 39.3 Å². The van der Waals surface area contributed by atoms with Crippen LogP contribution in [0.4, 0.5) is 5.69 Å². The number of aryl methyl sites for hydroxylation is 1. The lowest BCUT2D eigenvalue weighted by Gasteiger charge is -2.07. The van der Waals surface area contributed by atoms with Crippen molar-refractivity contribution in [1.29, 1.82) is 0 Å². The Morgan fingerprint density at radius 3 is 2.65 bits per heavy atom. The van der Waals surface area contributed by atoms with Crippen LogP contribution in [0.25, 0.3) is 11.4 Å². The van der Waals surface area contributed by atoms with E-state index in [4.69, 9.17) is 11.6 Å². The third kappa shape index (κ3) is 4.47. The van der Waals surface area contributed by atoms with Gasteiger partial charge in [0.1, 0.15) is 0 Å². The molecule has 0 spiro atoms. The summed E-state index contributed by atoms with van der Waals surface area (Å²) < 4.78 is 2.67. The van der Waals surface area contributed by atoms with Gasteiger partial charge in [-0.05, 0) is 41.1 Å². The van der Waals surface area contributed by atoms with Crippen LogP contribution in [0.3, 0.4) is 0 Å². The minimum atomic E-state index is -0.131. The van der Waals surface area contributed by atoms with Gasteiger partial charge in [-0.2, -0.15) is 0 Å². The van der Waals surface area contributed by atoms with Gasteiger partial charge in [0.2, 0.25) is 5.91 Å². The Kier molecular flexibility index (Phi) is 6.01. The molecule has 0 aliphatic heterocycles. The summed E-state index contributed by atoms with van der Waals surface area (Å²) in [5.74, 6) is 0.869. The van der Waals surface area contributed by atoms with E-state index in [-0.39, 0.29) is 11.7 Å². The van der Waals surface area contributed by atoms with Gasteiger partial charge in [0, 0.05) is 22.8 Å². The molecule has 1 heterocycles. The number of rotatable bonds is 5. The minimum Gasteiger partial charge on any atom is -0.325 e. The number of amides is 1. The van der Waals surface area contributed by atoms with Crippen LogP contribution in [0, 0.1) is 6.92 Å². The van der Waals surface area contributed by atoms with Crippen molar-refractivity contribution in [3.05, 3.63) is 57.5 Å². The molecule has 5 nitrogen and oxygen atoms in total. The molecule has 0 saturated carbocycles. The van der Waals surface area contributed by atoms with E-state index in [0.717, 1.165) is 15.9 Å². The first kappa shape index (κ1) is 18.9. The highest BCUT2D eigenvalue weighted by Gasteiger charge is 2.13. The zero-order valence-corrected chi connectivity index (χ0v) is 17.3. The zero-order chi connectivity index (χ0) is 18.7. The maximum absolute atomic E-state index is 12.2. The average Bonchev–Trinajstić information content (AvgIpc) is 2.98. The quantitative estimate of drug-likeness (QED) is 0.558. The van der Waals surface area contributed by atoms with E-state index >= 15 is 0 Å². The Balaban J connectivity index is 1.63. The highest BCUT2D eigenvalue weighted by Crippen LogP contribution is 2.26. The lowest BCUT2D eigenvalue weighted by molar-refractivity contribution is -0.113. The van der Waals surface area contributed by atoms with Crippen LogP contribution in [-0.2, 0) is 11.8 Å². The minimum absolute atomic E-state index is 0.131. The molecular weight excluding hydrogens is 436 g/mol. The maximum Gasteiger partial charge on any atom is 0.234 e. The van der Waals surface area contributed by atoms with Crippen molar-refractivity contribution in [2.45, 2.75) is 12.1 Å². The standard InChI is InChI=1S/C18H16BrClN4OS/c1-11-3-5-12(6-4-11)17-22-23-18(24(17)2)26-10-16(25)21-13-7-8-14(19)15(20)9-13/h3-9H,10H2,1-2H3,(H,21,25). The predicted molar refractivity (Wildman–Crippen MR) is 110 cm³/mol. The summed E-state index contributed by atoms with van der Waals surface area (Å²) in [4.78, 5) is 12.2. The Labute approximate surface area is 169 Å². The number of halogens is 2. The Hall–Kier alpha value is -1.83. The summed E-state index contributed by atoms with van der Waals surface area (Å²) in [6.45, 7) is 2.04. The topological polar surface area (TPSA) is 59.8 Å². The number of hydrogen-bond donors (Lipinski definition) is 1. The molecule has 0 saturated heterocycles. The van der Waals surface area contributed by atoms with Crippen molar-refractivity contribution in [3.8, 4) is 11.4 Å². The second kappa shape index (κ2) is 8.24. The number of nitrogens with zero attached hydrogens (tertiary/aromatic N) is 3. The summed E-state index contributed by atoms with van der Waals surface area (Å²) in [6, 6.07) is 13.4. The normalized spacial score (nSPS) is 10.8. The van der Waals surface area contributed by atoms with Crippen molar-refractivity contribution in [1.82, 2.24) is 14.8 Å². The van der Waals surface area contributed by atoms with Crippen molar-refractivity contribution in [2.24, 2.45) is 7.05 Å². The fourth-order valence-corrected chi connectivity index (χ4v) is 3.43. The zero-order valence-electron chi connectivity index (χ0n) is 14.2. The van der Waals surface area contributed by atoms with Crippen LogP contribution in [0.1, 0.15) is 5.56 Å². The predicted octanol–water partition coefficient (Wildman–Crippen LogP) is 4.94. The van der Waals surface area contributed by atoms with Crippen LogP contribution in [0.15, 0.2) is 52.1 Å². The molecule has 2 aromatic carbocycles. The number of hydrogen-bond acceptors (Lipinski definition) is 4. The van der Waals surface area contributed by atoms with E-state index in [0.29, 0.717) is 15.9 Å². The van der Waals surface area contributed by atoms with E-state index in [1.807, 2.05) is 42.8 Å². The fourth-order valence-electron chi connectivity index (χ4n) is 2.30. The van der Waals surface area contributed by atoms with Gasteiger partial charge in [-0.1, -0.05) is 53.2 Å². The van der Waals surface area contributed by atoms with Crippen molar-refractivity contribution >= 4 is 50.9 Å². The highest BCUT2D eigenvalue weighted by molar-refractivity contribution is 9.10. The van der Waals surface area contributed by atoms with Gasteiger partial charge in [0.05, 0.1) is 10.8 Å². The molecular formula is C18H16BrClN4OS. The maximum atomic E-state index is 12.2. The number of anilines is 1. The molecule has 0 bridgehead atoms. The van der Waals surface area contributed by atoms with Gasteiger partial charge in [-0.25, -0.2) is 0 Å². The molecule has 0 aliphatic rings. The van der Waals surface area contributed by atoms with Gasteiger partial charge in [0.25, 0.3) is 0 Å². The number of carbonyl (C=O) groups excluding carboxylic acids is 1. The molecule has 0 fully saturated rings. The first-order chi connectivity index (χ1) is 12.4. The highest BCUT2D eigenvalue weighted by atomic mass is 79.9. The van der Waals surface area contributed by atoms with Gasteiger partial charge < -0.3 is 9.88 Å². The number of carbonyl (C=O) groups is 1. The SMILES string of the molecule is Cc1ccc(-c2nnc(SCC(=O)Nc3ccc(Br)c(Cl)c3)n2C)cc1. The van der Waals surface area contributed by atoms with E-state index < -0.39 is 0 Å². The largest absolute Gasteiger partial charge is 0.325 e. The van der Waals surface area contributed by atoms with Crippen LogP contribution in [-0.4, -0.2) is 26.4 Å². The molecule has 3 rings (SSSR count). The summed E-state index contributed by atoms with van der Waals surface area (Å²) in [5.41, 5.74) is 2.84. The summed E-state index contributed by atoms with van der Waals surface area (Å²) >= 11 is 10.7. The number of aromatic nitrogens is 3. The van der Waals surface area contributed by atoms with Crippen LogP contribution in [0.2, 0.25) is 5.02 Å². The molecule has 8 heteroatoms. The summed E-state index contributed by atoms with van der Waals surface area (Å²) in [6.07, 6.45) is 0. The molecule has 0 aliphatic carbocycles. The van der Waals surface area contributed by atoms with E-state index in [2.05, 4.69) is 31.4 Å². The molecule has 1 amide bonds. The van der Waals surface area contributed by atoms with Gasteiger partial charge in [-0.15, -0.1) is 10.2 Å². The third-order valence-corrected chi connectivity index (χ3v) is 5.93. The van der Waals surface area contributed by atoms with Crippen LogP contribution in [0.5, 0.6) is 0 Å². The number of thioether (sulfide) groups is 1. The first-order valence-electron chi connectivity index (χ1n) is 7.78. The molecule has 3 aromatic rings. The lowest BCUT2D eigenvalue weighted by atomic mass is 10.1. The van der Waals surface area contributed by atoms with E-state index in [1.54, 1.807) is 18.2 Å². The number of benzene rings is 2. The third-order valence-electron chi connectivity index (χ3n) is 3.68. The molecule has 1 N–H and O–H groups in total. The first-order valence-corrected chi connectivity index (χ1v) is 9.94. The van der Waals surface area contributed by atoms with Gasteiger partial charge in [-0.3, -0.25) is 4.79 Å². The van der Waals surface area contributed by atoms with E-state index in [9.17, 15) is 4.79 Å². The molecule has 0 radical (unpaired) electrons. The van der Waals surface area contributed by atoms with Gasteiger partial charge >= 0.3 is 0 Å².